The fourth-order valence-electron chi connectivity index (χ4n) is 3.03. The summed E-state index contributed by atoms with van der Waals surface area (Å²) in [5.41, 5.74) is 1.86. The molecule has 0 spiro atoms. The van der Waals surface area contributed by atoms with E-state index in [4.69, 9.17) is 9.15 Å². The maximum absolute atomic E-state index is 12.1. The first-order valence-electron chi connectivity index (χ1n) is 7.75. The molecular formula is C18H15N3O4. The normalized spacial score (nSPS) is 15.9. The molecule has 0 radical (unpaired) electrons. The van der Waals surface area contributed by atoms with E-state index >= 15 is 0 Å². The van der Waals surface area contributed by atoms with Crippen molar-refractivity contribution in [1.82, 2.24) is 14.9 Å². The number of hydrogen-bond donors (Lipinski definition) is 1. The van der Waals surface area contributed by atoms with Crippen molar-refractivity contribution in [2.75, 3.05) is 6.61 Å². The summed E-state index contributed by atoms with van der Waals surface area (Å²) in [5.74, 6) is 1.48. The number of carbonyl (C=O) groups is 1. The highest BCUT2D eigenvalue weighted by Crippen LogP contribution is 2.40. The van der Waals surface area contributed by atoms with E-state index in [0.717, 1.165) is 11.1 Å². The molecule has 1 aliphatic rings. The topological polar surface area (TPSA) is 88.7 Å². The summed E-state index contributed by atoms with van der Waals surface area (Å²) >= 11 is 0. The van der Waals surface area contributed by atoms with E-state index in [2.05, 4.69) is 9.97 Å². The van der Waals surface area contributed by atoms with Crippen LogP contribution in [0.15, 0.2) is 59.7 Å². The number of amides is 1. The molecule has 1 aromatic carbocycles. The number of aliphatic hydroxyl groups excluding tert-OH is 1. The van der Waals surface area contributed by atoms with Crippen LogP contribution in [0.25, 0.3) is 0 Å². The van der Waals surface area contributed by atoms with Gasteiger partial charge in [-0.15, -0.1) is 0 Å². The van der Waals surface area contributed by atoms with Crippen LogP contribution in [0.2, 0.25) is 0 Å². The van der Waals surface area contributed by atoms with Crippen LogP contribution in [0.4, 0.5) is 0 Å². The third-order valence-electron chi connectivity index (χ3n) is 4.11. The summed E-state index contributed by atoms with van der Waals surface area (Å²) in [5, 5.41) is 9.27. The molecule has 0 bridgehead atoms. The molecule has 1 aliphatic heterocycles. The highest BCUT2D eigenvalue weighted by Gasteiger charge is 2.36. The van der Waals surface area contributed by atoms with E-state index in [-0.39, 0.29) is 5.91 Å². The number of oxazole rings is 1. The summed E-state index contributed by atoms with van der Waals surface area (Å²) in [6.45, 7) is -0.192. The van der Waals surface area contributed by atoms with Crippen molar-refractivity contribution in [3.05, 3.63) is 72.2 Å². The molecule has 3 heterocycles. The second-order valence-corrected chi connectivity index (χ2v) is 5.64. The van der Waals surface area contributed by atoms with Crippen LogP contribution in [0, 0.1) is 0 Å². The van der Waals surface area contributed by atoms with Gasteiger partial charge >= 0.3 is 0 Å². The Kier molecular flexibility index (Phi) is 3.91. The number of carbonyl (C=O) groups excluding carboxylic acids is 1. The Morgan fingerprint density at radius 2 is 2.20 bits per heavy atom. The average molecular weight is 337 g/mol. The highest BCUT2D eigenvalue weighted by molar-refractivity contribution is 5.79. The van der Waals surface area contributed by atoms with E-state index in [9.17, 15) is 9.90 Å². The van der Waals surface area contributed by atoms with Gasteiger partial charge in [0.2, 0.25) is 5.91 Å². The Morgan fingerprint density at radius 1 is 1.28 bits per heavy atom. The van der Waals surface area contributed by atoms with Gasteiger partial charge in [0.15, 0.2) is 12.2 Å². The Hall–Kier alpha value is -3.19. The zero-order valence-corrected chi connectivity index (χ0v) is 13.2. The smallest absolute Gasteiger partial charge is 0.249 e. The molecule has 126 valence electrons. The van der Waals surface area contributed by atoms with Crippen LogP contribution >= 0.6 is 0 Å². The van der Waals surface area contributed by atoms with Gasteiger partial charge in [-0.1, -0.05) is 6.07 Å². The molecule has 1 N–H and O–H groups in total. The minimum atomic E-state index is -0.558. The second-order valence-electron chi connectivity index (χ2n) is 5.64. The van der Waals surface area contributed by atoms with Crippen molar-refractivity contribution in [3.8, 4) is 11.5 Å². The van der Waals surface area contributed by atoms with Gasteiger partial charge in [0.1, 0.15) is 24.1 Å². The maximum Gasteiger partial charge on any atom is 0.249 e. The van der Waals surface area contributed by atoms with Crippen molar-refractivity contribution in [2.45, 2.75) is 12.6 Å². The van der Waals surface area contributed by atoms with Crippen molar-refractivity contribution < 1.29 is 19.1 Å². The van der Waals surface area contributed by atoms with Crippen LogP contribution in [0.3, 0.4) is 0 Å². The van der Waals surface area contributed by atoms with Gasteiger partial charge in [-0.2, -0.15) is 0 Å². The monoisotopic (exact) mass is 337 g/mol. The molecule has 2 aromatic heterocycles. The first kappa shape index (κ1) is 15.3. The molecule has 25 heavy (non-hydrogen) atoms. The Balaban J connectivity index is 1.68. The molecule has 7 heteroatoms. The fraction of sp³-hybridized carbons (Fsp3) is 0.167. The summed E-state index contributed by atoms with van der Waals surface area (Å²) < 4.78 is 11.2. The molecule has 7 nitrogen and oxygen atoms in total. The van der Waals surface area contributed by atoms with Gasteiger partial charge in [0.25, 0.3) is 0 Å². The summed E-state index contributed by atoms with van der Waals surface area (Å²) in [4.78, 5) is 21.7. The number of fused-ring (bicyclic) bond motifs is 1. The lowest BCUT2D eigenvalue weighted by molar-refractivity contribution is -0.136. The van der Waals surface area contributed by atoms with Crippen LogP contribution in [0.1, 0.15) is 22.9 Å². The lowest BCUT2D eigenvalue weighted by Gasteiger charge is -2.22. The molecule has 0 saturated carbocycles. The first-order chi connectivity index (χ1) is 12.3. The van der Waals surface area contributed by atoms with E-state index in [1.165, 1.54) is 6.39 Å². The Bertz CT molecular complexity index is 881. The Morgan fingerprint density at radius 3 is 2.92 bits per heavy atom. The third kappa shape index (κ3) is 2.85. The zero-order valence-electron chi connectivity index (χ0n) is 13.2. The predicted molar refractivity (Wildman–Crippen MR) is 86.7 cm³/mol. The first-order valence-corrected chi connectivity index (χ1v) is 7.75. The van der Waals surface area contributed by atoms with Crippen molar-refractivity contribution in [2.24, 2.45) is 0 Å². The second kappa shape index (κ2) is 6.37. The molecule has 4 rings (SSSR count). The number of aliphatic hydroxyl groups is 1. The maximum atomic E-state index is 12.1. The van der Waals surface area contributed by atoms with Crippen LogP contribution in [-0.4, -0.2) is 32.5 Å². The molecule has 0 fully saturated rings. The molecule has 1 unspecified atom stereocenters. The van der Waals surface area contributed by atoms with E-state index < -0.39 is 12.6 Å². The lowest BCUT2D eigenvalue weighted by Crippen LogP contribution is -2.32. The van der Waals surface area contributed by atoms with E-state index in [1.807, 2.05) is 24.3 Å². The van der Waals surface area contributed by atoms with E-state index in [0.29, 0.717) is 23.8 Å². The standard InChI is InChI=1S/C18H15N3O4/c22-10-17(23)21-9-12-6-13(25-14-2-1-5-19-7-14)3-4-15(12)18(21)16-8-20-11-24-16/h1-8,11,18,22H,9-10H2. The molecule has 3 aromatic rings. The molecule has 1 amide bonds. The largest absolute Gasteiger partial charge is 0.456 e. The molecule has 0 aliphatic carbocycles. The van der Waals surface area contributed by atoms with Gasteiger partial charge in [-0.3, -0.25) is 9.78 Å². The van der Waals surface area contributed by atoms with Crippen molar-refractivity contribution in [1.29, 1.82) is 0 Å². The van der Waals surface area contributed by atoms with E-state index in [1.54, 1.807) is 29.6 Å². The summed E-state index contributed by atoms with van der Waals surface area (Å²) in [6.07, 6.45) is 6.22. The number of ether oxygens (including phenoxy) is 1. The average Bonchev–Trinajstić information content (AvgIpc) is 3.28. The number of aromatic nitrogens is 2. The van der Waals surface area contributed by atoms with Gasteiger partial charge in [0.05, 0.1) is 12.4 Å². The van der Waals surface area contributed by atoms with Gasteiger partial charge < -0.3 is 19.2 Å². The Labute approximate surface area is 143 Å². The van der Waals surface area contributed by atoms with Gasteiger partial charge in [-0.05, 0) is 35.4 Å². The molecular weight excluding hydrogens is 322 g/mol. The number of pyridine rings is 1. The quantitative estimate of drug-likeness (QED) is 0.786. The zero-order chi connectivity index (χ0) is 17.2. The highest BCUT2D eigenvalue weighted by atomic mass is 16.5. The SMILES string of the molecule is O=C(CO)N1Cc2cc(Oc3cccnc3)ccc2C1c1cnco1. The predicted octanol–water partition coefficient (Wildman–Crippen LogP) is 2.29. The van der Waals surface area contributed by atoms with Crippen molar-refractivity contribution in [3.63, 3.8) is 0 Å². The minimum Gasteiger partial charge on any atom is -0.456 e. The summed E-state index contributed by atoms with van der Waals surface area (Å²) in [7, 11) is 0. The van der Waals surface area contributed by atoms with Crippen LogP contribution in [0.5, 0.6) is 11.5 Å². The lowest BCUT2D eigenvalue weighted by atomic mass is 10.0. The van der Waals surface area contributed by atoms with Gasteiger partial charge in [-0.25, -0.2) is 4.98 Å². The number of hydrogen-bond acceptors (Lipinski definition) is 6. The third-order valence-corrected chi connectivity index (χ3v) is 4.11. The van der Waals surface area contributed by atoms with Crippen LogP contribution in [-0.2, 0) is 11.3 Å². The number of rotatable bonds is 4. The minimum absolute atomic E-state index is 0.365. The van der Waals surface area contributed by atoms with Gasteiger partial charge in [0, 0.05) is 12.7 Å². The summed E-state index contributed by atoms with van der Waals surface area (Å²) in [6, 6.07) is 8.84. The molecule has 0 saturated heterocycles. The number of nitrogens with zero attached hydrogens (tertiary/aromatic N) is 3. The number of benzene rings is 1. The molecule has 1 atom stereocenters. The van der Waals surface area contributed by atoms with Crippen molar-refractivity contribution >= 4 is 5.91 Å². The van der Waals surface area contributed by atoms with Crippen LogP contribution < -0.4 is 4.74 Å². The fourth-order valence-corrected chi connectivity index (χ4v) is 3.03.